The van der Waals surface area contributed by atoms with Gasteiger partial charge in [-0.3, -0.25) is 0 Å². The van der Waals surface area contributed by atoms with Gasteiger partial charge in [0.2, 0.25) is 0 Å². The zero-order valence-electron chi connectivity index (χ0n) is 16.2. The normalized spacial score (nSPS) is 10.0. The highest BCUT2D eigenvalue weighted by molar-refractivity contribution is 5.96. The molecule has 4 aromatic rings. The number of nitrogens with zero attached hydrogens (tertiary/aromatic N) is 2. The molecule has 0 fully saturated rings. The Balaban J connectivity index is 0.000000172. The van der Waals surface area contributed by atoms with Gasteiger partial charge in [-0.15, -0.1) is 0 Å². The molecule has 0 unspecified atom stereocenters. The van der Waals surface area contributed by atoms with E-state index >= 15 is 0 Å². The third kappa shape index (κ3) is 4.79. The predicted octanol–water partition coefficient (Wildman–Crippen LogP) is 4.03. The van der Waals surface area contributed by atoms with Crippen molar-refractivity contribution < 1.29 is 19.4 Å². The van der Waals surface area contributed by atoms with Gasteiger partial charge in [0.25, 0.3) is 0 Å². The molecule has 4 rings (SSSR count). The molecule has 2 heterocycles. The van der Waals surface area contributed by atoms with Gasteiger partial charge >= 0.3 is 11.9 Å². The number of H-pyrrole nitrogens is 2. The van der Waals surface area contributed by atoms with Gasteiger partial charge in [0.1, 0.15) is 0 Å². The fourth-order valence-corrected chi connectivity index (χ4v) is 2.82. The molecule has 8 heteroatoms. The molecule has 0 amide bonds. The molecule has 0 saturated heterocycles. The van der Waals surface area contributed by atoms with Crippen molar-refractivity contribution in [3.8, 4) is 22.5 Å². The molecular weight excluding hydrogens is 384 g/mol. The second-order valence-corrected chi connectivity index (χ2v) is 6.05. The molecule has 2 aromatic carbocycles. The Labute approximate surface area is 172 Å². The summed E-state index contributed by atoms with van der Waals surface area (Å²) in [4.78, 5) is 36.2. The summed E-state index contributed by atoms with van der Waals surface area (Å²) < 4.78 is 4.99. The van der Waals surface area contributed by atoms with Crippen LogP contribution < -0.4 is 0 Å². The van der Waals surface area contributed by atoms with Crippen LogP contribution in [0.3, 0.4) is 0 Å². The number of nitrogens with one attached hydrogen (secondary N) is 2. The Bertz CT molecular complexity index is 1110. The van der Waals surface area contributed by atoms with Gasteiger partial charge in [-0.2, -0.15) is 0 Å². The van der Waals surface area contributed by atoms with Crippen LogP contribution in [0.25, 0.3) is 22.5 Å². The molecule has 0 aliphatic heterocycles. The van der Waals surface area contributed by atoms with Crippen LogP contribution in [-0.4, -0.2) is 43.6 Å². The van der Waals surface area contributed by atoms with E-state index in [1.807, 2.05) is 18.2 Å². The lowest BCUT2D eigenvalue weighted by Gasteiger charge is -2.06. The van der Waals surface area contributed by atoms with Gasteiger partial charge in [-0.05, 0) is 19.1 Å². The molecule has 0 saturated carbocycles. The third-order valence-electron chi connectivity index (χ3n) is 4.16. The van der Waals surface area contributed by atoms with E-state index in [0.717, 1.165) is 11.3 Å². The summed E-state index contributed by atoms with van der Waals surface area (Å²) in [6.07, 6.45) is 6.38. The summed E-state index contributed by atoms with van der Waals surface area (Å²) in [6.45, 7) is 2.16. The molecule has 152 valence electrons. The van der Waals surface area contributed by atoms with E-state index in [-0.39, 0.29) is 11.5 Å². The van der Waals surface area contributed by atoms with Crippen LogP contribution >= 0.6 is 0 Å². The average Bonchev–Trinajstić information content (AvgIpc) is 3.49. The van der Waals surface area contributed by atoms with Crippen LogP contribution in [0.1, 0.15) is 27.6 Å². The number of hydrogen-bond donors (Lipinski definition) is 3. The Hall–Kier alpha value is -4.20. The highest BCUT2D eigenvalue weighted by Gasteiger charge is 2.13. The highest BCUT2D eigenvalue weighted by atomic mass is 16.5. The summed E-state index contributed by atoms with van der Waals surface area (Å²) in [5.41, 5.74) is 3.80. The van der Waals surface area contributed by atoms with E-state index in [1.54, 1.807) is 56.0 Å². The van der Waals surface area contributed by atoms with Crippen molar-refractivity contribution in [2.45, 2.75) is 6.92 Å². The number of hydrogen-bond acceptors (Lipinski definition) is 5. The molecular formula is C22H20N4O4. The monoisotopic (exact) mass is 404 g/mol. The summed E-state index contributed by atoms with van der Waals surface area (Å²) in [7, 11) is 0. The second-order valence-electron chi connectivity index (χ2n) is 6.05. The summed E-state index contributed by atoms with van der Waals surface area (Å²) >= 11 is 0. The molecule has 3 N–H and O–H groups in total. The van der Waals surface area contributed by atoms with Crippen LogP contribution in [0.15, 0.2) is 73.6 Å². The minimum absolute atomic E-state index is 0.275. The number of aromatic nitrogens is 4. The van der Waals surface area contributed by atoms with E-state index in [0.29, 0.717) is 23.4 Å². The Morgan fingerprint density at radius 2 is 1.37 bits per heavy atom. The van der Waals surface area contributed by atoms with E-state index in [9.17, 15) is 9.59 Å². The Morgan fingerprint density at radius 1 is 0.867 bits per heavy atom. The van der Waals surface area contributed by atoms with Crippen LogP contribution in [0.2, 0.25) is 0 Å². The van der Waals surface area contributed by atoms with Gasteiger partial charge < -0.3 is 19.8 Å². The molecule has 30 heavy (non-hydrogen) atoms. The van der Waals surface area contributed by atoms with Crippen molar-refractivity contribution in [2.75, 3.05) is 6.61 Å². The summed E-state index contributed by atoms with van der Waals surface area (Å²) in [5.74, 6) is -1.25. The number of carbonyl (C=O) groups excluding carboxylic acids is 1. The molecule has 0 radical (unpaired) electrons. The first-order valence-electron chi connectivity index (χ1n) is 9.17. The Kier molecular flexibility index (Phi) is 6.73. The highest BCUT2D eigenvalue weighted by Crippen LogP contribution is 2.22. The van der Waals surface area contributed by atoms with Crippen LogP contribution in [0, 0.1) is 0 Å². The maximum atomic E-state index is 11.7. The van der Waals surface area contributed by atoms with Crippen molar-refractivity contribution >= 4 is 11.9 Å². The molecule has 8 nitrogen and oxygen atoms in total. The number of benzene rings is 2. The van der Waals surface area contributed by atoms with Gasteiger partial charge in [0, 0.05) is 11.1 Å². The van der Waals surface area contributed by atoms with E-state index in [2.05, 4.69) is 19.9 Å². The van der Waals surface area contributed by atoms with Crippen LogP contribution in [0.4, 0.5) is 0 Å². The number of carboxylic acids is 1. The van der Waals surface area contributed by atoms with E-state index in [4.69, 9.17) is 9.84 Å². The summed E-state index contributed by atoms with van der Waals surface area (Å²) in [6, 6.07) is 14.1. The summed E-state index contributed by atoms with van der Waals surface area (Å²) in [5, 5.41) is 8.93. The Morgan fingerprint density at radius 3 is 1.83 bits per heavy atom. The van der Waals surface area contributed by atoms with E-state index in [1.165, 1.54) is 6.33 Å². The predicted molar refractivity (Wildman–Crippen MR) is 111 cm³/mol. The number of rotatable bonds is 5. The number of carboxylic acid groups (broad SMARTS) is 1. The maximum absolute atomic E-state index is 11.7. The SMILES string of the molecule is CCOC(=O)c1ccccc1-c1cnc[nH]1.O=C(O)c1ccccc1-c1cnc[nH]1. The number of aromatic amines is 2. The molecule has 2 aromatic heterocycles. The van der Waals surface area contributed by atoms with Crippen molar-refractivity contribution in [1.29, 1.82) is 0 Å². The number of aromatic carboxylic acids is 1. The van der Waals surface area contributed by atoms with Gasteiger partial charge in [-0.1, -0.05) is 36.4 Å². The quantitative estimate of drug-likeness (QED) is 0.432. The first-order valence-corrected chi connectivity index (χ1v) is 9.17. The number of imidazole rings is 2. The smallest absolute Gasteiger partial charge is 0.338 e. The molecule has 0 aliphatic rings. The minimum Gasteiger partial charge on any atom is -0.478 e. The number of carbonyl (C=O) groups is 2. The zero-order chi connectivity index (χ0) is 21.3. The van der Waals surface area contributed by atoms with Crippen LogP contribution in [0.5, 0.6) is 0 Å². The van der Waals surface area contributed by atoms with Crippen molar-refractivity contribution in [3.05, 3.63) is 84.7 Å². The van der Waals surface area contributed by atoms with Crippen molar-refractivity contribution in [3.63, 3.8) is 0 Å². The number of ether oxygens (including phenoxy) is 1. The lowest BCUT2D eigenvalue weighted by molar-refractivity contribution is 0.0526. The molecule has 0 bridgehead atoms. The fraction of sp³-hybridized carbons (Fsp3) is 0.0909. The topological polar surface area (TPSA) is 121 Å². The average molecular weight is 404 g/mol. The first-order chi connectivity index (χ1) is 14.6. The fourth-order valence-electron chi connectivity index (χ4n) is 2.82. The van der Waals surface area contributed by atoms with E-state index < -0.39 is 5.97 Å². The van der Waals surface area contributed by atoms with Gasteiger partial charge in [0.05, 0.1) is 54.2 Å². The second kappa shape index (κ2) is 9.83. The first kappa shape index (κ1) is 20.5. The molecule has 0 spiro atoms. The van der Waals surface area contributed by atoms with Gasteiger partial charge in [0.15, 0.2) is 0 Å². The standard InChI is InChI=1S/C12H12N2O2.C10H8N2O2/c1-2-16-12(15)10-6-4-3-5-9(10)11-7-13-8-14-11;13-10(14)8-4-2-1-3-7(8)9-5-11-6-12-9/h3-8H,2H2,1H3,(H,13,14);1-6H,(H,11,12)(H,13,14). The number of esters is 1. The third-order valence-corrected chi connectivity index (χ3v) is 4.16. The lowest BCUT2D eigenvalue weighted by Crippen LogP contribution is -2.06. The molecule has 0 atom stereocenters. The maximum Gasteiger partial charge on any atom is 0.338 e. The molecule has 0 aliphatic carbocycles. The lowest BCUT2D eigenvalue weighted by atomic mass is 10.1. The van der Waals surface area contributed by atoms with Crippen LogP contribution in [-0.2, 0) is 4.74 Å². The largest absolute Gasteiger partial charge is 0.478 e. The van der Waals surface area contributed by atoms with Crippen molar-refractivity contribution in [1.82, 2.24) is 19.9 Å². The van der Waals surface area contributed by atoms with Crippen molar-refractivity contribution in [2.24, 2.45) is 0 Å². The minimum atomic E-state index is -0.935. The van der Waals surface area contributed by atoms with Gasteiger partial charge in [-0.25, -0.2) is 19.6 Å². The zero-order valence-corrected chi connectivity index (χ0v) is 16.2.